The minimum Gasteiger partial charge on any atom is -0.299 e. The van der Waals surface area contributed by atoms with Crippen molar-refractivity contribution in [2.45, 2.75) is 64.4 Å². The maximum Gasteiger partial charge on any atom is 0.139 e. The van der Waals surface area contributed by atoms with Gasteiger partial charge in [0.1, 0.15) is 11.9 Å². The molecule has 0 aromatic heterocycles. The molecule has 0 N–H and O–H groups in total. The maximum atomic E-state index is 12.5. The van der Waals surface area contributed by atoms with Crippen LogP contribution in [0.4, 0.5) is 4.53 Å². The minimum atomic E-state index is -0.236. The average Bonchev–Trinajstić information content (AvgIpc) is 2.82. The Balaban J connectivity index is 1.64. The summed E-state index contributed by atoms with van der Waals surface area (Å²) in [5, 5.41) is 0. The van der Waals surface area contributed by atoms with Crippen LogP contribution in [0.1, 0.15) is 58.3 Å². The number of hydrogen-bond acceptors (Lipinski definition) is 2. The Hall–Kier alpha value is -0.960. The number of halogens is 1. The fraction of sp³-hybridized carbons (Fsp3) is 0.722. The van der Waals surface area contributed by atoms with Gasteiger partial charge in [0.15, 0.2) is 0 Å². The molecule has 0 heterocycles. The summed E-state index contributed by atoms with van der Waals surface area (Å²) in [5.41, 5.74) is 4.40. The van der Waals surface area contributed by atoms with Crippen LogP contribution in [0, 0.1) is 17.3 Å². The highest BCUT2D eigenvalue weighted by Gasteiger charge is 2.52. The van der Waals surface area contributed by atoms with Crippen LogP contribution in [0.2, 0.25) is 0 Å². The van der Waals surface area contributed by atoms with E-state index in [-0.39, 0.29) is 11.5 Å². The number of rotatable bonds is 1. The van der Waals surface area contributed by atoms with Crippen molar-refractivity contribution < 1.29 is 14.3 Å². The summed E-state index contributed by atoms with van der Waals surface area (Å²) in [7, 11) is 0. The van der Waals surface area contributed by atoms with Gasteiger partial charge in [0.2, 0.25) is 0 Å². The van der Waals surface area contributed by atoms with Gasteiger partial charge in [-0.15, -0.1) is 0 Å². The van der Waals surface area contributed by atoms with Crippen molar-refractivity contribution in [3.63, 3.8) is 0 Å². The Labute approximate surface area is 125 Å². The first-order valence-electron chi connectivity index (χ1n) is 8.35. The molecule has 0 spiro atoms. The smallest absolute Gasteiger partial charge is 0.139 e. The van der Waals surface area contributed by atoms with Crippen LogP contribution in [0.5, 0.6) is 0 Å². The van der Waals surface area contributed by atoms with Crippen LogP contribution >= 0.6 is 0 Å². The van der Waals surface area contributed by atoms with E-state index in [1.807, 2.05) is 0 Å². The Morgan fingerprint density at radius 1 is 1.29 bits per heavy atom. The predicted molar refractivity (Wildman–Crippen MR) is 78.1 cm³/mol. The Morgan fingerprint density at radius 3 is 2.95 bits per heavy atom. The van der Waals surface area contributed by atoms with E-state index in [0.29, 0.717) is 17.6 Å². The molecule has 0 bridgehead atoms. The number of fused-ring (bicyclic) bond motifs is 4. The van der Waals surface area contributed by atoms with E-state index < -0.39 is 0 Å². The molecule has 2 saturated carbocycles. The highest BCUT2D eigenvalue weighted by atomic mass is 19.3. The summed E-state index contributed by atoms with van der Waals surface area (Å²) in [6.45, 7) is 2.18. The van der Waals surface area contributed by atoms with Gasteiger partial charge in [-0.3, -0.25) is 4.79 Å². The third-order valence-electron chi connectivity index (χ3n) is 6.62. The monoisotopic (exact) mass is 290 g/mol. The van der Waals surface area contributed by atoms with Crippen LogP contribution < -0.4 is 0 Å². The molecule has 0 aliphatic heterocycles. The summed E-state index contributed by atoms with van der Waals surface area (Å²) < 4.78 is 12.5. The van der Waals surface area contributed by atoms with Gasteiger partial charge in [-0.1, -0.05) is 29.7 Å². The molecule has 2 nitrogen and oxygen atoms in total. The van der Waals surface area contributed by atoms with Crippen LogP contribution in [0.3, 0.4) is 0 Å². The van der Waals surface area contributed by atoms with Gasteiger partial charge in [-0.25, -0.2) is 0 Å². The van der Waals surface area contributed by atoms with Crippen LogP contribution in [0.15, 0.2) is 22.8 Å². The fourth-order valence-corrected chi connectivity index (χ4v) is 5.39. The molecule has 114 valence electrons. The maximum absolute atomic E-state index is 12.5. The molecular weight excluding hydrogens is 267 g/mol. The summed E-state index contributed by atoms with van der Waals surface area (Å²) in [5.74, 6) is 1.48. The van der Waals surface area contributed by atoms with Gasteiger partial charge < -0.3 is 0 Å². The summed E-state index contributed by atoms with van der Waals surface area (Å²) in [4.78, 5) is 16.3. The third-order valence-corrected chi connectivity index (χ3v) is 6.62. The number of ketones is 1. The van der Waals surface area contributed by atoms with Gasteiger partial charge in [0.25, 0.3) is 0 Å². The van der Waals surface area contributed by atoms with Crippen molar-refractivity contribution >= 4 is 5.78 Å². The van der Waals surface area contributed by atoms with Gasteiger partial charge in [-0.05, 0) is 55.4 Å². The number of carbonyl (C=O) groups excluding carboxylic acids is 1. The average molecular weight is 290 g/mol. The van der Waals surface area contributed by atoms with Crippen molar-refractivity contribution in [2.24, 2.45) is 17.3 Å². The Morgan fingerprint density at radius 2 is 2.14 bits per heavy atom. The molecule has 4 unspecified atom stereocenters. The fourth-order valence-electron chi connectivity index (χ4n) is 5.39. The van der Waals surface area contributed by atoms with Crippen molar-refractivity contribution in [2.75, 3.05) is 0 Å². The largest absolute Gasteiger partial charge is 0.299 e. The van der Waals surface area contributed by atoms with E-state index in [2.05, 4.69) is 17.9 Å². The van der Waals surface area contributed by atoms with E-state index in [1.54, 1.807) is 5.57 Å². The standard InChI is InChI=1S/C18H23FO2/c1-18-9-8-14-13-5-3-12(21-19)10-11(13)2-4-15(14)16(18)6-7-17(18)20/h4,12,14,16H,2-3,5-10H2,1H3. The summed E-state index contributed by atoms with van der Waals surface area (Å²) in [6.07, 6.45) is 9.54. The zero-order chi connectivity index (χ0) is 14.6. The topological polar surface area (TPSA) is 26.3 Å². The first-order chi connectivity index (χ1) is 10.1. The second-order valence-corrected chi connectivity index (χ2v) is 7.51. The lowest BCUT2D eigenvalue weighted by atomic mass is 9.58. The predicted octanol–water partition coefficient (Wildman–Crippen LogP) is 4.46. The van der Waals surface area contributed by atoms with Crippen molar-refractivity contribution in [3.8, 4) is 0 Å². The summed E-state index contributed by atoms with van der Waals surface area (Å²) >= 11 is 0. The van der Waals surface area contributed by atoms with E-state index in [1.165, 1.54) is 11.1 Å². The second-order valence-electron chi connectivity index (χ2n) is 7.51. The normalized spacial score (nSPS) is 42.3. The molecule has 4 aliphatic carbocycles. The van der Waals surface area contributed by atoms with Crippen molar-refractivity contribution in [1.29, 1.82) is 0 Å². The van der Waals surface area contributed by atoms with Crippen LogP contribution in [-0.4, -0.2) is 11.9 Å². The summed E-state index contributed by atoms with van der Waals surface area (Å²) in [6, 6.07) is 0. The SMILES string of the molecule is CC12CCC3C(=CCC4=C3CCC(OF)C4)C1CCC2=O. The molecule has 4 aliphatic rings. The van der Waals surface area contributed by atoms with E-state index in [4.69, 9.17) is 0 Å². The van der Waals surface area contributed by atoms with Crippen molar-refractivity contribution in [1.82, 2.24) is 0 Å². The third kappa shape index (κ3) is 1.89. The lowest BCUT2D eigenvalue weighted by Gasteiger charge is -2.45. The van der Waals surface area contributed by atoms with Crippen LogP contribution in [-0.2, 0) is 9.74 Å². The van der Waals surface area contributed by atoms with Gasteiger partial charge >= 0.3 is 0 Å². The van der Waals surface area contributed by atoms with Gasteiger partial charge in [0.05, 0.1) is 0 Å². The lowest BCUT2D eigenvalue weighted by Crippen LogP contribution is -2.39. The van der Waals surface area contributed by atoms with Gasteiger partial charge in [-0.2, -0.15) is 4.94 Å². The molecular formula is C18H23FO2. The lowest BCUT2D eigenvalue weighted by molar-refractivity contribution is -0.181. The Kier molecular flexibility index (Phi) is 3.11. The van der Waals surface area contributed by atoms with E-state index >= 15 is 0 Å². The zero-order valence-corrected chi connectivity index (χ0v) is 12.7. The molecule has 3 heteroatoms. The van der Waals surface area contributed by atoms with E-state index in [0.717, 1.165) is 51.4 Å². The molecule has 0 saturated heterocycles. The van der Waals surface area contributed by atoms with Gasteiger partial charge in [0, 0.05) is 17.8 Å². The number of carbonyl (C=O) groups is 1. The molecule has 0 amide bonds. The highest BCUT2D eigenvalue weighted by Crippen LogP contribution is 2.58. The second kappa shape index (κ2) is 4.77. The molecule has 0 aromatic carbocycles. The van der Waals surface area contributed by atoms with E-state index in [9.17, 15) is 9.32 Å². The highest BCUT2D eigenvalue weighted by molar-refractivity contribution is 5.88. The number of Topliss-reactive ketones (excluding diaryl/α,β-unsaturated/α-hetero) is 1. The molecule has 2 fully saturated rings. The zero-order valence-electron chi connectivity index (χ0n) is 12.7. The number of hydrogen-bond donors (Lipinski definition) is 0. The molecule has 4 atom stereocenters. The quantitative estimate of drug-likeness (QED) is 0.666. The van der Waals surface area contributed by atoms with Crippen LogP contribution in [0.25, 0.3) is 0 Å². The number of allylic oxidation sites excluding steroid dienone is 3. The first-order valence-corrected chi connectivity index (χ1v) is 8.35. The minimum absolute atomic E-state index is 0.0976. The molecule has 0 aromatic rings. The molecule has 0 radical (unpaired) electrons. The first kappa shape index (κ1) is 13.7. The molecule has 21 heavy (non-hydrogen) atoms. The van der Waals surface area contributed by atoms with Crippen molar-refractivity contribution in [3.05, 3.63) is 22.8 Å². The molecule has 4 rings (SSSR count). The Bertz CT molecular complexity index is 547.